The molecule has 1 aliphatic heterocycles. The first kappa shape index (κ1) is 15.8. The van der Waals surface area contributed by atoms with E-state index in [-0.39, 0.29) is 0 Å². The van der Waals surface area contributed by atoms with E-state index in [1.807, 2.05) is 31.6 Å². The van der Waals surface area contributed by atoms with E-state index >= 15 is 0 Å². The minimum Gasteiger partial charge on any atom is -0.472 e. The van der Waals surface area contributed by atoms with Crippen LogP contribution in [0.2, 0.25) is 0 Å². The van der Waals surface area contributed by atoms with Gasteiger partial charge < -0.3 is 13.7 Å². The van der Waals surface area contributed by atoms with Gasteiger partial charge in [0.05, 0.1) is 31.2 Å². The van der Waals surface area contributed by atoms with Gasteiger partial charge in [-0.2, -0.15) is 0 Å². The highest BCUT2D eigenvalue weighted by Gasteiger charge is 2.23. The Labute approximate surface area is 146 Å². The van der Waals surface area contributed by atoms with Gasteiger partial charge >= 0.3 is 6.01 Å². The summed E-state index contributed by atoms with van der Waals surface area (Å²) in [4.78, 5) is 15.2. The summed E-state index contributed by atoms with van der Waals surface area (Å²) >= 11 is 0. The minimum atomic E-state index is 0.325. The molecule has 0 amide bonds. The molecule has 3 aromatic heterocycles. The van der Waals surface area contributed by atoms with E-state index in [9.17, 15) is 0 Å². The SMILES string of the molecule is Cc1ccnc(OCC2CN(Cc3ccoc3)Cc3cncn3C2)n1. The molecular formula is C18H21N5O2. The first-order chi connectivity index (χ1) is 12.3. The van der Waals surface area contributed by atoms with Crippen molar-refractivity contribution < 1.29 is 9.15 Å². The van der Waals surface area contributed by atoms with Crippen molar-refractivity contribution in [2.75, 3.05) is 13.2 Å². The molecule has 130 valence electrons. The minimum absolute atomic E-state index is 0.325. The first-order valence-corrected chi connectivity index (χ1v) is 8.41. The number of aryl methyl sites for hydroxylation is 1. The average Bonchev–Trinajstić information content (AvgIpc) is 3.22. The van der Waals surface area contributed by atoms with Crippen LogP contribution in [0.4, 0.5) is 0 Å². The van der Waals surface area contributed by atoms with E-state index in [1.54, 1.807) is 18.7 Å². The molecule has 0 N–H and O–H groups in total. The summed E-state index contributed by atoms with van der Waals surface area (Å²) in [7, 11) is 0. The molecule has 1 aliphatic rings. The van der Waals surface area contributed by atoms with Crippen LogP contribution in [0.15, 0.2) is 47.8 Å². The Hall–Kier alpha value is -2.67. The lowest BCUT2D eigenvalue weighted by Crippen LogP contribution is -2.30. The largest absolute Gasteiger partial charge is 0.472 e. The molecule has 7 nitrogen and oxygen atoms in total. The number of aromatic nitrogens is 4. The molecule has 0 radical (unpaired) electrons. The van der Waals surface area contributed by atoms with Crippen LogP contribution < -0.4 is 4.74 Å². The zero-order valence-electron chi connectivity index (χ0n) is 14.2. The van der Waals surface area contributed by atoms with Gasteiger partial charge in [0.2, 0.25) is 0 Å². The highest BCUT2D eigenvalue weighted by atomic mass is 16.5. The lowest BCUT2D eigenvalue weighted by atomic mass is 10.1. The summed E-state index contributed by atoms with van der Waals surface area (Å²) < 4.78 is 13.3. The summed E-state index contributed by atoms with van der Waals surface area (Å²) in [6.45, 7) is 6.02. The van der Waals surface area contributed by atoms with Gasteiger partial charge in [-0.1, -0.05) is 0 Å². The van der Waals surface area contributed by atoms with E-state index in [1.165, 1.54) is 11.3 Å². The Morgan fingerprint density at radius 2 is 2.28 bits per heavy atom. The van der Waals surface area contributed by atoms with E-state index < -0.39 is 0 Å². The fourth-order valence-electron chi connectivity index (χ4n) is 3.19. The molecule has 0 fully saturated rings. The standard InChI is InChI=1S/C18H21N5O2/c1-14-2-4-20-18(21-14)25-12-16-8-22(7-15-3-5-24-11-15)10-17-6-19-13-23(17)9-16/h2-6,11,13,16H,7-10,12H2,1H3. The molecule has 0 aromatic carbocycles. The van der Waals surface area contributed by atoms with Crippen molar-refractivity contribution >= 4 is 0 Å². The van der Waals surface area contributed by atoms with Gasteiger partial charge in [0.15, 0.2) is 0 Å². The van der Waals surface area contributed by atoms with E-state index in [0.29, 0.717) is 18.5 Å². The van der Waals surface area contributed by atoms with Crippen LogP contribution in [0.1, 0.15) is 17.0 Å². The van der Waals surface area contributed by atoms with Crippen LogP contribution in [0.3, 0.4) is 0 Å². The fraction of sp³-hybridized carbons (Fsp3) is 0.389. The highest BCUT2D eigenvalue weighted by molar-refractivity contribution is 5.07. The van der Waals surface area contributed by atoms with Crippen molar-refractivity contribution in [2.45, 2.75) is 26.6 Å². The van der Waals surface area contributed by atoms with Gasteiger partial charge in [-0.15, -0.1) is 0 Å². The van der Waals surface area contributed by atoms with Gasteiger partial charge in [0, 0.05) is 55.7 Å². The summed E-state index contributed by atoms with van der Waals surface area (Å²) in [6, 6.07) is 4.31. The zero-order chi connectivity index (χ0) is 17.1. The summed E-state index contributed by atoms with van der Waals surface area (Å²) in [5, 5.41) is 0. The number of hydrogen-bond donors (Lipinski definition) is 0. The van der Waals surface area contributed by atoms with Crippen LogP contribution in [0, 0.1) is 12.8 Å². The van der Waals surface area contributed by atoms with Crippen molar-refractivity contribution in [3.63, 3.8) is 0 Å². The first-order valence-electron chi connectivity index (χ1n) is 8.41. The van der Waals surface area contributed by atoms with Gasteiger partial charge in [-0.25, -0.2) is 15.0 Å². The third kappa shape index (κ3) is 3.88. The monoisotopic (exact) mass is 339 g/mol. The van der Waals surface area contributed by atoms with Crippen molar-refractivity contribution in [1.29, 1.82) is 0 Å². The molecule has 0 aliphatic carbocycles. The molecule has 0 saturated heterocycles. The summed E-state index contributed by atoms with van der Waals surface area (Å²) in [6.07, 6.45) is 9.08. The van der Waals surface area contributed by atoms with Gasteiger partial charge in [-0.3, -0.25) is 4.90 Å². The maximum Gasteiger partial charge on any atom is 0.316 e. The molecule has 1 unspecified atom stereocenters. The fourth-order valence-corrected chi connectivity index (χ4v) is 3.19. The molecule has 4 rings (SSSR count). The Kier molecular flexibility index (Phi) is 4.47. The predicted molar refractivity (Wildman–Crippen MR) is 90.8 cm³/mol. The predicted octanol–water partition coefficient (Wildman–Crippen LogP) is 2.29. The lowest BCUT2D eigenvalue weighted by molar-refractivity contribution is 0.160. The molecule has 1 atom stereocenters. The molecule has 0 spiro atoms. The second kappa shape index (κ2) is 7.06. The maximum absolute atomic E-state index is 5.86. The number of rotatable bonds is 5. The van der Waals surface area contributed by atoms with Crippen molar-refractivity contribution in [3.05, 3.63) is 60.3 Å². The van der Waals surface area contributed by atoms with Crippen molar-refractivity contribution in [3.8, 4) is 6.01 Å². The Morgan fingerprint density at radius 3 is 3.12 bits per heavy atom. The van der Waals surface area contributed by atoms with Crippen molar-refractivity contribution in [2.24, 2.45) is 5.92 Å². The van der Waals surface area contributed by atoms with Crippen LogP contribution in [-0.2, 0) is 19.6 Å². The Bertz CT molecular complexity index is 815. The van der Waals surface area contributed by atoms with Crippen LogP contribution >= 0.6 is 0 Å². The summed E-state index contributed by atoms with van der Waals surface area (Å²) in [5.41, 5.74) is 3.30. The molecule has 0 saturated carbocycles. The second-order valence-electron chi connectivity index (χ2n) is 6.50. The number of fused-ring (bicyclic) bond motifs is 1. The lowest BCUT2D eigenvalue weighted by Gasteiger charge is -2.23. The quantitative estimate of drug-likeness (QED) is 0.710. The molecule has 3 aromatic rings. The smallest absolute Gasteiger partial charge is 0.316 e. The third-order valence-corrected chi connectivity index (χ3v) is 4.36. The van der Waals surface area contributed by atoms with E-state index in [4.69, 9.17) is 9.15 Å². The van der Waals surface area contributed by atoms with Gasteiger partial charge in [0.1, 0.15) is 0 Å². The highest BCUT2D eigenvalue weighted by Crippen LogP contribution is 2.19. The van der Waals surface area contributed by atoms with E-state index in [0.717, 1.165) is 31.9 Å². The van der Waals surface area contributed by atoms with Crippen molar-refractivity contribution in [1.82, 2.24) is 24.4 Å². The molecule has 4 heterocycles. The van der Waals surface area contributed by atoms with Crippen LogP contribution in [0.5, 0.6) is 6.01 Å². The molecular weight excluding hydrogens is 318 g/mol. The molecule has 25 heavy (non-hydrogen) atoms. The number of imidazole rings is 1. The number of ether oxygens (including phenoxy) is 1. The van der Waals surface area contributed by atoms with Gasteiger partial charge in [0.25, 0.3) is 0 Å². The van der Waals surface area contributed by atoms with Gasteiger partial charge in [-0.05, 0) is 19.1 Å². The number of nitrogens with zero attached hydrogens (tertiary/aromatic N) is 5. The molecule has 0 bridgehead atoms. The number of hydrogen-bond acceptors (Lipinski definition) is 6. The summed E-state index contributed by atoms with van der Waals surface area (Å²) in [5.74, 6) is 0.325. The maximum atomic E-state index is 5.86. The van der Waals surface area contributed by atoms with Crippen LogP contribution in [0.25, 0.3) is 0 Å². The van der Waals surface area contributed by atoms with E-state index in [2.05, 4.69) is 24.4 Å². The molecule has 7 heteroatoms. The Morgan fingerprint density at radius 1 is 1.32 bits per heavy atom. The number of furan rings is 1. The average molecular weight is 339 g/mol. The topological polar surface area (TPSA) is 69.2 Å². The Balaban J connectivity index is 1.46. The second-order valence-corrected chi connectivity index (χ2v) is 6.50. The zero-order valence-corrected chi connectivity index (χ0v) is 14.2. The normalized spacial score (nSPS) is 17.9. The third-order valence-electron chi connectivity index (χ3n) is 4.36. The van der Waals surface area contributed by atoms with Crippen LogP contribution in [-0.4, -0.2) is 37.6 Å².